The third kappa shape index (κ3) is 20.3. The van der Waals surface area contributed by atoms with Gasteiger partial charge in [-0.15, -0.1) is 0 Å². The monoisotopic (exact) mass is 1430 g/mol. The summed E-state index contributed by atoms with van der Waals surface area (Å²) in [5, 5.41) is 22.1. The lowest BCUT2D eigenvalue weighted by Gasteiger charge is -2.42. The van der Waals surface area contributed by atoms with E-state index in [1.807, 2.05) is 92.6 Å². The molecule has 5 aromatic rings. The van der Waals surface area contributed by atoms with Crippen LogP contribution in [0.1, 0.15) is 87.2 Å². The van der Waals surface area contributed by atoms with Crippen LogP contribution < -0.4 is 15.5 Å². The third-order valence-corrected chi connectivity index (χ3v) is 19.9. The van der Waals surface area contributed by atoms with Crippen molar-refractivity contribution in [2.75, 3.05) is 133 Å². The molecule has 2 fully saturated rings. The molecule has 4 aliphatic rings. The smallest absolute Gasteiger partial charge is 0.424 e. The molecule has 102 heavy (non-hydrogen) atoms. The van der Waals surface area contributed by atoms with Gasteiger partial charge in [0.15, 0.2) is 5.72 Å². The summed E-state index contributed by atoms with van der Waals surface area (Å²) in [6, 6.07) is 29.3. The number of halogens is 1. The van der Waals surface area contributed by atoms with Gasteiger partial charge in [0.05, 0.1) is 115 Å². The zero-order chi connectivity index (χ0) is 73.1. The number of ether oxygens (including phenoxy) is 11. The molecule has 1 unspecified atom stereocenters. The number of carbonyl (C=O) groups is 6. The van der Waals surface area contributed by atoms with E-state index in [0.29, 0.717) is 96.2 Å². The Morgan fingerprint density at radius 3 is 2.04 bits per heavy atom. The highest BCUT2D eigenvalue weighted by Gasteiger charge is 2.64. The average molecular weight is 1440 g/mol. The van der Waals surface area contributed by atoms with Crippen molar-refractivity contribution in [3.63, 3.8) is 0 Å². The SMILES string of the molecule is CO[C@@H]1/C=C/C=C(\C)Cc2cc(C)c(Cl)c(c2)N(C)C(=O)C[C@H](OC(=O)[C@H](C)N(C)C(=O)CCOCCOCCOCCOCCOCCOCCNC(=O)CCn2c(CN(C)N(C)C(=O)OCC3c4ccccc4-c4ccccc43)cc3ccccc32)[C@]2(C)OC2[C@H](C)[C@@H]2C[C@@]1(O)NC(=O)O2. The fraction of sp³-hybridized carbons (Fsp3) is 0.526. The van der Waals surface area contributed by atoms with E-state index in [1.165, 1.54) is 47.0 Å². The molecule has 0 radical (unpaired) electrons. The van der Waals surface area contributed by atoms with Gasteiger partial charge in [0.2, 0.25) is 17.7 Å². The minimum absolute atomic E-state index is 0.0329. The molecule has 2 saturated heterocycles. The zero-order valence-corrected chi connectivity index (χ0v) is 61.0. The molecule has 3 N–H and O–H groups in total. The molecule has 4 bridgehead atoms. The van der Waals surface area contributed by atoms with E-state index >= 15 is 0 Å². The van der Waals surface area contributed by atoms with Crippen molar-refractivity contribution < 1.29 is 86.0 Å². The number of fused-ring (bicyclic) bond motifs is 9. The number of nitrogens with zero attached hydrogens (tertiary/aromatic N) is 5. The second kappa shape index (κ2) is 37.1. The van der Waals surface area contributed by atoms with E-state index in [9.17, 15) is 33.9 Å². The number of para-hydroxylation sites is 1. The van der Waals surface area contributed by atoms with Crippen molar-refractivity contribution in [3.8, 4) is 11.1 Å². The molecule has 0 spiro atoms. The second-order valence-corrected chi connectivity index (χ2v) is 26.9. The number of rotatable bonds is 33. The number of carbonyl (C=O) groups excluding carboxylic acids is 6. The Kier molecular flexibility index (Phi) is 28.5. The molecule has 8 atom stereocenters. The van der Waals surface area contributed by atoms with Crippen molar-refractivity contribution in [3.05, 3.63) is 148 Å². The Bertz CT molecular complexity index is 3710. The fourth-order valence-electron chi connectivity index (χ4n) is 13.2. The van der Waals surface area contributed by atoms with Crippen molar-refractivity contribution in [1.82, 2.24) is 30.1 Å². The van der Waals surface area contributed by atoms with Gasteiger partial charge in [0.25, 0.3) is 0 Å². The van der Waals surface area contributed by atoms with Crippen LogP contribution in [0.15, 0.2) is 115 Å². The molecule has 554 valence electrons. The molecule has 9 rings (SSSR count). The van der Waals surface area contributed by atoms with Gasteiger partial charge < -0.3 is 76.9 Å². The Balaban J connectivity index is 0.597. The number of epoxide rings is 1. The summed E-state index contributed by atoms with van der Waals surface area (Å²) in [4.78, 5) is 84.0. The van der Waals surface area contributed by atoms with Crippen molar-refractivity contribution in [2.24, 2.45) is 5.92 Å². The molecule has 26 heteroatoms. The van der Waals surface area contributed by atoms with E-state index < -0.39 is 71.8 Å². The molecule has 1 aliphatic carbocycles. The number of hydrazine groups is 1. The first-order valence-corrected chi connectivity index (χ1v) is 35.3. The molecular formula is C76H100ClN7O18. The van der Waals surface area contributed by atoms with E-state index in [4.69, 9.17) is 63.7 Å². The van der Waals surface area contributed by atoms with Crippen molar-refractivity contribution in [2.45, 2.75) is 128 Å². The minimum Gasteiger partial charge on any atom is -0.457 e. The number of alkyl carbamates (subject to hydrolysis) is 1. The number of esters is 1. The molecule has 25 nitrogen and oxygen atoms in total. The number of aromatic nitrogens is 1. The number of aryl methyl sites for hydroxylation is 2. The average Bonchev–Trinajstić information content (AvgIpc) is 1.57. The summed E-state index contributed by atoms with van der Waals surface area (Å²) < 4.78 is 65.8. The standard InChI is InChI=1S/C76H100ClN7O18/c1-50-18-17-25-65(92-10)76(91)47-64(100-73(89)79-76)52(3)71-75(5,102-71)66(46-69(87)82(8)63-44-54(42-50)43-51(2)70(63)77)101-72(88)53(4)81(7)68(86)27-30-93-32-34-95-36-38-97-40-41-98-39-37-96-35-33-94-31-28-78-67(85)26-29-84-56(45-55-19-11-16-24-62(55)84)48-80(6)83(9)74(90)99-49-61-59-22-14-12-20-57(59)58-21-13-15-23-60(58)61/h11-25,43-45,52-53,61,64-66,71,91H,26-42,46-49H2,1-10H3,(H,78,85)(H,79,89)/b25-17+,50-18+/t52-,53+,64+,65-,66+,71?,75+,76+/m1/s1. The Labute approximate surface area is 602 Å². The highest BCUT2D eigenvalue weighted by Crippen LogP contribution is 2.50. The maximum atomic E-state index is 14.3. The number of hydrogen-bond acceptors (Lipinski definition) is 19. The molecule has 4 heterocycles. The number of allylic oxidation sites excluding steroid dienone is 3. The van der Waals surface area contributed by atoms with E-state index in [-0.39, 0.29) is 69.8 Å². The maximum Gasteiger partial charge on any atom is 0.424 e. The predicted octanol–water partition coefficient (Wildman–Crippen LogP) is 8.69. The first kappa shape index (κ1) is 78.3. The first-order chi connectivity index (χ1) is 49.0. The van der Waals surface area contributed by atoms with Crippen LogP contribution in [-0.4, -0.2) is 230 Å². The molecule has 0 saturated carbocycles. The highest BCUT2D eigenvalue weighted by molar-refractivity contribution is 6.34. The van der Waals surface area contributed by atoms with Gasteiger partial charge in [-0.05, 0) is 91.1 Å². The Morgan fingerprint density at radius 1 is 0.804 bits per heavy atom. The Hall–Kier alpha value is -7.79. The summed E-state index contributed by atoms with van der Waals surface area (Å²) in [6.45, 7) is 14.0. The largest absolute Gasteiger partial charge is 0.457 e. The van der Waals surface area contributed by atoms with Gasteiger partial charge in [-0.1, -0.05) is 115 Å². The van der Waals surface area contributed by atoms with Crippen molar-refractivity contribution >= 4 is 64.1 Å². The van der Waals surface area contributed by atoms with Gasteiger partial charge in [-0.25, -0.2) is 24.4 Å². The van der Waals surface area contributed by atoms with E-state index in [2.05, 4.69) is 45.5 Å². The Morgan fingerprint density at radius 2 is 1.40 bits per heavy atom. The van der Waals surface area contributed by atoms with Crippen LogP contribution in [0.2, 0.25) is 5.02 Å². The summed E-state index contributed by atoms with van der Waals surface area (Å²) in [5.74, 6) is -2.28. The number of methoxy groups -OCH3 is 1. The number of amides is 5. The number of nitrogens with one attached hydrogen (secondary N) is 2. The van der Waals surface area contributed by atoms with Crippen LogP contribution in [0.3, 0.4) is 0 Å². The molecule has 5 amide bonds. The maximum absolute atomic E-state index is 14.3. The van der Waals surface area contributed by atoms with E-state index in [0.717, 1.165) is 44.4 Å². The number of anilines is 1. The van der Waals surface area contributed by atoms with Crippen LogP contribution in [0, 0.1) is 12.8 Å². The van der Waals surface area contributed by atoms with Crippen molar-refractivity contribution in [1.29, 1.82) is 0 Å². The summed E-state index contributed by atoms with van der Waals surface area (Å²) in [5.41, 5.74) is 6.55. The van der Waals surface area contributed by atoms with E-state index in [1.54, 1.807) is 40.1 Å². The lowest BCUT2D eigenvalue weighted by molar-refractivity contribution is -0.162. The van der Waals surface area contributed by atoms with Crippen LogP contribution in [-0.2, 0) is 90.8 Å². The molecule has 3 aliphatic heterocycles. The number of aliphatic hydroxyl groups is 1. The number of hydrogen-bond donors (Lipinski definition) is 3. The van der Waals surface area contributed by atoms with Crippen LogP contribution in [0.4, 0.5) is 15.3 Å². The zero-order valence-electron chi connectivity index (χ0n) is 60.3. The first-order valence-electron chi connectivity index (χ1n) is 34.9. The van der Waals surface area contributed by atoms with Gasteiger partial charge in [-0.3, -0.25) is 19.7 Å². The van der Waals surface area contributed by atoms with Gasteiger partial charge in [-0.2, -0.15) is 0 Å². The molecule has 1 aromatic heterocycles. The fourth-order valence-corrected chi connectivity index (χ4v) is 13.4. The molecule has 4 aromatic carbocycles. The predicted molar refractivity (Wildman–Crippen MR) is 383 cm³/mol. The van der Waals surface area contributed by atoms with Crippen LogP contribution in [0.25, 0.3) is 22.0 Å². The number of likely N-dealkylation sites (N-methyl/N-ethyl adjacent to an activating group) is 1. The van der Waals surface area contributed by atoms with Crippen LogP contribution >= 0.6 is 11.6 Å². The lowest BCUT2D eigenvalue weighted by atomic mass is 9.83. The lowest BCUT2D eigenvalue weighted by Crippen LogP contribution is -2.63. The quantitative estimate of drug-likeness (QED) is 0.0116. The topological polar surface area (TPSA) is 269 Å². The van der Waals surface area contributed by atoms with Gasteiger partial charge in [0, 0.05) is 84.3 Å². The van der Waals surface area contributed by atoms with Gasteiger partial charge in [0.1, 0.15) is 36.6 Å². The normalized spacial score (nSPS) is 22.3. The third-order valence-electron chi connectivity index (χ3n) is 19.4. The second-order valence-electron chi connectivity index (χ2n) is 26.5. The molecular weight excluding hydrogens is 1330 g/mol. The van der Waals surface area contributed by atoms with Crippen LogP contribution in [0.5, 0.6) is 0 Å². The minimum atomic E-state index is -1.85. The number of benzene rings is 4. The summed E-state index contributed by atoms with van der Waals surface area (Å²) >= 11 is 6.85. The summed E-state index contributed by atoms with van der Waals surface area (Å²) in [7, 11) is 8.07. The highest BCUT2D eigenvalue weighted by atomic mass is 35.5. The summed E-state index contributed by atoms with van der Waals surface area (Å²) in [6.07, 6.45) is 0.611. The van der Waals surface area contributed by atoms with Gasteiger partial charge >= 0.3 is 18.2 Å².